The summed E-state index contributed by atoms with van der Waals surface area (Å²) in [6.07, 6.45) is 0. The summed E-state index contributed by atoms with van der Waals surface area (Å²) in [6.45, 7) is 0.0978. The van der Waals surface area contributed by atoms with Crippen molar-refractivity contribution in [1.82, 2.24) is 0 Å². The van der Waals surface area contributed by atoms with E-state index in [0.717, 1.165) is 5.56 Å². The Balaban J connectivity index is 2.19. The van der Waals surface area contributed by atoms with Gasteiger partial charge in [-0.3, -0.25) is 0 Å². The number of aliphatic hydroxyl groups is 1. The summed E-state index contributed by atoms with van der Waals surface area (Å²) < 4.78 is 10.8. The molecule has 0 aromatic heterocycles. The molecule has 0 spiro atoms. The van der Waals surface area contributed by atoms with Gasteiger partial charge < -0.3 is 14.6 Å². The van der Waals surface area contributed by atoms with Crippen molar-refractivity contribution in [1.29, 1.82) is 0 Å². The van der Waals surface area contributed by atoms with Gasteiger partial charge in [-0.05, 0) is 30.3 Å². The van der Waals surface area contributed by atoms with E-state index in [9.17, 15) is 5.11 Å². The summed E-state index contributed by atoms with van der Waals surface area (Å²) >= 11 is 12.2. The lowest BCUT2D eigenvalue weighted by Crippen LogP contribution is -2.00. The number of halogens is 2. The minimum absolute atomic E-state index is 0.136. The van der Waals surface area contributed by atoms with E-state index in [0.29, 0.717) is 27.1 Å². The smallest absolute Gasteiger partial charge is 0.125 e. The molecule has 2 aromatic rings. The second kappa shape index (κ2) is 6.84. The van der Waals surface area contributed by atoms with E-state index in [-0.39, 0.29) is 13.2 Å². The fourth-order valence-corrected chi connectivity index (χ4v) is 2.27. The highest BCUT2D eigenvalue weighted by Crippen LogP contribution is 2.28. The summed E-state index contributed by atoms with van der Waals surface area (Å²) in [6, 6.07) is 10.5. The van der Waals surface area contributed by atoms with E-state index in [2.05, 4.69) is 0 Å². The Labute approximate surface area is 127 Å². The molecule has 0 unspecified atom stereocenters. The highest BCUT2D eigenvalue weighted by atomic mass is 35.5. The van der Waals surface area contributed by atoms with Gasteiger partial charge in [-0.25, -0.2) is 0 Å². The van der Waals surface area contributed by atoms with Crippen LogP contribution in [0.4, 0.5) is 0 Å². The maximum atomic E-state index is 9.36. The van der Waals surface area contributed by atoms with Crippen LogP contribution in [0.1, 0.15) is 11.1 Å². The highest BCUT2D eigenvalue weighted by Gasteiger charge is 2.09. The summed E-state index contributed by atoms with van der Waals surface area (Å²) in [7, 11) is 1.57. The van der Waals surface area contributed by atoms with Crippen molar-refractivity contribution >= 4 is 23.2 Å². The first-order valence-electron chi connectivity index (χ1n) is 5.99. The zero-order valence-electron chi connectivity index (χ0n) is 10.9. The Bertz CT molecular complexity index is 579. The quantitative estimate of drug-likeness (QED) is 0.904. The van der Waals surface area contributed by atoms with Crippen LogP contribution >= 0.6 is 23.2 Å². The summed E-state index contributed by atoms with van der Waals surface area (Å²) in [4.78, 5) is 0. The average Bonchev–Trinajstić information content (AvgIpc) is 2.46. The Kier molecular flexibility index (Phi) is 5.12. The molecular weight excluding hydrogens is 299 g/mol. The van der Waals surface area contributed by atoms with Gasteiger partial charge in [0, 0.05) is 21.2 Å². The zero-order chi connectivity index (χ0) is 14.5. The van der Waals surface area contributed by atoms with Crippen LogP contribution in [-0.2, 0) is 13.2 Å². The van der Waals surface area contributed by atoms with Gasteiger partial charge in [0.05, 0.1) is 13.7 Å². The second-order valence-corrected chi connectivity index (χ2v) is 4.94. The minimum Gasteiger partial charge on any atom is -0.497 e. The SMILES string of the molecule is COc1ccc(OCc2c(Cl)cccc2Cl)c(CO)c1. The van der Waals surface area contributed by atoms with Gasteiger partial charge >= 0.3 is 0 Å². The normalized spacial score (nSPS) is 10.4. The molecule has 0 saturated heterocycles. The van der Waals surface area contributed by atoms with Crippen molar-refractivity contribution in [2.45, 2.75) is 13.2 Å². The number of hydrogen-bond donors (Lipinski definition) is 1. The predicted molar refractivity (Wildman–Crippen MR) is 79.7 cm³/mol. The van der Waals surface area contributed by atoms with E-state index in [1.165, 1.54) is 0 Å². The first-order valence-corrected chi connectivity index (χ1v) is 6.74. The third-order valence-corrected chi connectivity index (χ3v) is 3.58. The number of aliphatic hydroxyl groups excluding tert-OH is 1. The van der Waals surface area contributed by atoms with Gasteiger partial charge in [0.1, 0.15) is 18.1 Å². The largest absolute Gasteiger partial charge is 0.497 e. The number of hydrogen-bond acceptors (Lipinski definition) is 3. The number of ether oxygens (including phenoxy) is 2. The van der Waals surface area contributed by atoms with E-state index in [1.807, 2.05) is 0 Å². The molecule has 1 N–H and O–H groups in total. The van der Waals surface area contributed by atoms with Crippen molar-refractivity contribution in [2.75, 3.05) is 7.11 Å². The van der Waals surface area contributed by atoms with Crippen molar-refractivity contribution in [2.24, 2.45) is 0 Å². The van der Waals surface area contributed by atoms with E-state index < -0.39 is 0 Å². The van der Waals surface area contributed by atoms with Crippen molar-refractivity contribution in [3.8, 4) is 11.5 Å². The highest BCUT2D eigenvalue weighted by molar-refractivity contribution is 6.35. The molecule has 0 heterocycles. The standard InChI is InChI=1S/C15H14Cl2O3/c1-19-11-5-6-15(10(7-11)8-18)20-9-12-13(16)3-2-4-14(12)17/h2-7,18H,8-9H2,1H3. The van der Waals surface area contributed by atoms with Crippen LogP contribution in [0.3, 0.4) is 0 Å². The van der Waals surface area contributed by atoms with E-state index >= 15 is 0 Å². The van der Waals surface area contributed by atoms with E-state index in [1.54, 1.807) is 43.5 Å². The lowest BCUT2D eigenvalue weighted by atomic mass is 10.2. The molecule has 20 heavy (non-hydrogen) atoms. The van der Waals surface area contributed by atoms with Gasteiger partial charge in [0.25, 0.3) is 0 Å². The number of methoxy groups -OCH3 is 1. The summed E-state index contributed by atoms with van der Waals surface area (Å²) in [5.74, 6) is 1.24. The van der Waals surface area contributed by atoms with Crippen LogP contribution in [0, 0.1) is 0 Å². The molecule has 0 aliphatic carbocycles. The van der Waals surface area contributed by atoms with Gasteiger partial charge in [0.15, 0.2) is 0 Å². The van der Waals surface area contributed by atoms with Crippen LogP contribution in [-0.4, -0.2) is 12.2 Å². The van der Waals surface area contributed by atoms with Crippen LogP contribution in [0.25, 0.3) is 0 Å². The lowest BCUT2D eigenvalue weighted by Gasteiger charge is -2.13. The molecule has 2 rings (SSSR count). The third kappa shape index (κ3) is 3.37. The summed E-state index contributed by atoms with van der Waals surface area (Å²) in [5.41, 5.74) is 1.36. The molecule has 3 nitrogen and oxygen atoms in total. The van der Waals surface area contributed by atoms with Crippen LogP contribution in [0.5, 0.6) is 11.5 Å². The maximum absolute atomic E-state index is 9.36. The zero-order valence-corrected chi connectivity index (χ0v) is 12.4. The molecule has 0 saturated carbocycles. The number of rotatable bonds is 5. The lowest BCUT2D eigenvalue weighted by molar-refractivity contribution is 0.258. The first kappa shape index (κ1) is 15.0. The van der Waals surface area contributed by atoms with Gasteiger partial charge in [-0.1, -0.05) is 29.3 Å². The fraction of sp³-hybridized carbons (Fsp3) is 0.200. The Morgan fingerprint density at radius 2 is 1.80 bits per heavy atom. The van der Waals surface area contributed by atoms with Crippen molar-refractivity contribution < 1.29 is 14.6 Å². The fourth-order valence-electron chi connectivity index (χ4n) is 1.77. The molecule has 2 aromatic carbocycles. The Hall–Kier alpha value is -1.42. The molecule has 0 amide bonds. The molecule has 0 bridgehead atoms. The topological polar surface area (TPSA) is 38.7 Å². The molecule has 106 valence electrons. The van der Waals surface area contributed by atoms with Crippen molar-refractivity contribution in [3.63, 3.8) is 0 Å². The third-order valence-electron chi connectivity index (χ3n) is 2.87. The Morgan fingerprint density at radius 1 is 1.10 bits per heavy atom. The second-order valence-electron chi connectivity index (χ2n) is 4.12. The molecule has 0 atom stereocenters. The summed E-state index contributed by atoms with van der Waals surface area (Å²) in [5, 5.41) is 10.5. The monoisotopic (exact) mass is 312 g/mol. The van der Waals surface area contributed by atoms with Crippen molar-refractivity contribution in [3.05, 3.63) is 57.6 Å². The van der Waals surface area contributed by atoms with Crippen LogP contribution in [0.2, 0.25) is 10.0 Å². The molecule has 0 fully saturated rings. The molecule has 0 aliphatic rings. The first-order chi connectivity index (χ1) is 9.65. The molecule has 0 radical (unpaired) electrons. The van der Waals surface area contributed by atoms with Gasteiger partial charge in [-0.2, -0.15) is 0 Å². The number of benzene rings is 2. The predicted octanol–water partition coefficient (Wildman–Crippen LogP) is 4.07. The molecule has 0 aliphatic heterocycles. The minimum atomic E-state index is -0.136. The van der Waals surface area contributed by atoms with Gasteiger partial charge in [-0.15, -0.1) is 0 Å². The van der Waals surface area contributed by atoms with Gasteiger partial charge in [0.2, 0.25) is 0 Å². The van der Waals surface area contributed by atoms with Crippen LogP contribution in [0.15, 0.2) is 36.4 Å². The van der Waals surface area contributed by atoms with Crippen LogP contribution < -0.4 is 9.47 Å². The maximum Gasteiger partial charge on any atom is 0.125 e. The average molecular weight is 313 g/mol. The Morgan fingerprint density at radius 3 is 2.40 bits per heavy atom. The van der Waals surface area contributed by atoms with E-state index in [4.69, 9.17) is 32.7 Å². The molecule has 5 heteroatoms. The molecular formula is C15H14Cl2O3.